The van der Waals surface area contributed by atoms with Crippen molar-refractivity contribution in [3.8, 4) is 5.75 Å². The van der Waals surface area contributed by atoms with Crippen molar-refractivity contribution in [3.05, 3.63) is 29.8 Å². The van der Waals surface area contributed by atoms with E-state index in [1.165, 1.54) is 44.1 Å². The lowest BCUT2D eigenvalue weighted by Gasteiger charge is -2.16. The van der Waals surface area contributed by atoms with E-state index in [0.29, 0.717) is 6.10 Å². The van der Waals surface area contributed by atoms with Crippen molar-refractivity contribution in [1.82, 2.24) is 0 Å². The van der Waals surface area contributed by atoms with Crippen LogP contribution in [0, 0.1) is 5.92 Å². The number of ether oxygens (including phenoxy) is 1. The van der Waals surface area contributed by atoms with Crippen LogP contribution in [0.5, 0.6) is 5.75 Å². The van der Waals surface area contributed by atoms with Gasteiger partial charge in [0.1, 0.15) is 5.75 Å². The Balaban J connectivity index is 1.63. The third kappa shape index (κ3) is 3.05. The van der Waals surface area contributed by atoms with E-state index in [1.54, 1.807) is 0 Å². The van der Waals surface area contributed by atoms with Crippen LogP contribution in [0.2, 0.25) is 0 Å². The topological polar surface area (TPSA) is 35.2 Å². The number of benzene rings is 1. The van der Waals surface area contributed by atoms with Crippen molar-refractivity contribution in [2.24, 2.45) is 11.7 Å². The highest BCUT2D eigenvalue weighted by Crippen LogP contribution is 2.37. The first-order valence-electron chi connectivity index (χ1n) is 7.33. The van der Waals surface area contributed by atoms with Crippen molar-refractivity contribution < 1.29 is 4.74 Å². The molecule has 0 amide bonds. The minimum Gasteiger partial charge on any atom is -0.490 e. The van der Waals surface area contributed by atoms with Gasteiger partial charge in [-0.15, -0.1) is 0 Å². The molecule has 0 bridgehead atoms. The lowest BCUT2D eigenvalue weighted by molar-refractivity contribution is 0.209. The molecule has 2 heteroatoms. The second kappa shape index (κ2) is 5.31. The van der Waals surface area contributed by atoms with Crippen molar-refractivity contribution in [1.29, 1.82) is 0 Å². The van der Waals surface area contributed by atoms with Crippen LogP contribution in [0.25, 0.3) is 0 Å². The Labute approximate surface area is 110 Å². The van der Waals surface area contributed by atoms with Gasteiger partial charge >= 0.3 is 0 Å². The van der Waals surface area contributed by atoms with Crippen LogP contribution >= 0.6 is 0 Å². The molecule has 0 heterocycles. The van der Waals surface area contributed by atoms with E-state index in [-0.39, 0.29) is 6.04 Å². The molecule has 2 N–H and O–H groups in total. The van der Waals surface area contributed by atoms with Crippen molar-refractivity contribution in [2.75, 3.05) is 0 Å². The summed E-state index contributed by atoms with van der Waals surface area (Å²) in [6.07, 6.45) is 9.33. The molecule has 98 valence electrons. The Morgan fingerprint density at radius 2 is 1.94 bits per heavy atom. The lowest BCUT2D eigenvalue weighted by Crippen LogP contribution is -2.13. The van der Waals surface area contributed by atoms with Crippen LogP contribution in [0.3, 0.4) is 0 Å². The van der Waals surface area contributed by atoms with E-state index in [4.69, 9.17) is 10.5 Å². The fourth-order valence-corrected chi connectivity index (χ4v) is 2.87. The van der Waals surface area contributed by atoms with Crippen LogP contribution in [0.15, 0.2) is 24.3 Å². The zero-order valence-corrected chi connectivity index (χ0v) is 11.0. The summed E-state index contributed by atoms with van der Waals surface area (Å²) < 4.78 is 6.03. The zero-order valence-electron chi connectivity index (χ0n) is 11.0. The van der Waals surface area contributed by atoms with E-state index < -0.39 is 0 Å². The fourth-order valence-electron chi connectivity index (χ4n) is 2.87. The monoisotopic (exact) mass is 245 g/mol. The standard InChI is InChI=1S/C16H23NO/c17-16(10-12-8-9-12)13-4-3-7-15(11-13)18-14-5-1-2-6-14/h3-4,7,11-12,14,16H,1-2,5-6,8-10,17H2. The molecule has 2 aliphatic rings. The first kappa shape index (κ1) is 12.0. The lowest BCUT2D eigenvalue weighted by atomic mass is 10.0. The summed E-state index contributed by atoms with van der Waals surface area (Å²) in [6.45, 7) is 0. The number of hydrogen-bond donors (Lipinski definition) is 1. The summed E-state index contributed by atoms with van der Waals surface area (Å²) in [5.41, 5.74) is 7.49. The Bertz CT molecular complexity index is 394. The first-order chi connectivity index (χ1) is 8.81. The van der Waals surface area contributed by atoms with Crippen molar-refractivity contribution >= 4 is 0 Å². The van der Waals surface area contributed by atoms with Gasteiger partial charge < -0.3 is 10.5 Å². The predicted molar refractivity (Wildman–Crippen MR) is 73.6 cm³/mol. The molecule has 0 aliphatic heterocycles. The fraction of sp³-hybridized carbons (Fsp3) is 0.625. The summed E-state index contributed by atoms with van der Waals surface area (Å²) in [7, 11) is 0. The van der Waals surface area contributed by atoms with Gasteiger partial charge in [0.15, 0.2) is 0 Å². The van der Waals surface area contributed by atoms with Crippen LogP contribution < -0.4 is 10.5 Å². The van der Waals surface area contributed by atoms with Gasteiger partial charge in [-0.1, -0.05) is 25.0 Å². The minimum atomic E-state index is 0.185. The third-order valence-corrected chi connectivity index (χ3v) is 4.18. The second-order valence-electron chi connectivity index (χ2n) is 5.88. The van der Waals surface area contributed by atoms with Crippen molar-refractivity contribution in [3.63, 3.8) is 0 Å². The minimum absolute atomic E-state index is 0.185. The van der Waals surface area contributed by atoms with Gasteiger partial charge in [-0.2, -0.15) is 0 Å². The Kier molecular flexibility index (Phi) is 3.55. The molecule has 2 aliphatic carbocycles. The third-order valence-electron chi connectivity index (χ3n) is 4.18. The maximum Gasteiger partial charge on any atom is 0.120 e. The molecule has 0 spiro atoms. The molecule has 0 aromatic heterocycles. The maximum atomic E-state index is 6.26. The molecule has 2 fully saturated rings. The van der Waals surface area contributed by atoms with E-state index in [1.807, 2.05) is 0 Å². The van der Waals surface area contributed by atoms with Crippen LogP contribution in [-0.2, 0) is 0 Å². The van der Waals surface area contributed by atoms with Gasteiger partial charge in [-0.25, -0.2) is 0 Å². The van der Waals surface area contributed by atoms with E-state index in [9.17, 15) is 0 Å². The van der Waals surface area contributed by atoms with Gasteiger partial charge in [-0.3, -0.25) is 0 Å². The average Bonchev–Trinajstić information content (AvgIpc) is 3.04. The summed E-state index contributed by atoms with van der Waals surface area (Å²) >= 11 is 0. The summed E-state index contributed by atoms with van der Waals surface area (Å²) in [6, 6.07) is 8.60. The highest BCUT2D eigenvalue weighted by molar-refractivity contribution is 5.30. The number of rotatable bonds is 5. The molecule has 3 rings (SSSR count). The largest absolute Gasteiger partial charge is 0.490 e. The average molecular weight is 245 g/mol. The zero-order chi connectivity index (χ0) is 12.4. The highest BCUT2D eigenvalue weighted by atomic mass is 16.5. The molecule has 2 saturated carbocycles. The summed E-state index contributed by atoms with van der Waals surface area (Å²) in [5.74, 6) is 1.88. The van der Waals surface area contributed by atoms with E-state index >= 15 is 0 Å². The molecular weight excluding hydrogens is 222 g/mol. The van der Waals surface area contributed by atoms with Gasteiger partial charge in [0.2, 0.25) is 0 Å². The van der Waals surface area contributed by atoms with Gasteiger partial charge in [0.05, 0.1) is 6.10 Å². The van der Waals surface area contributed by atoms with E-state index in [2.05, 4.69) is 24.3 Å². The Hall–Kier alpha value is -1.02. The molecule has 1 aromatic carbocycles. The second-order valence-corrected chi connectivity index (χ2v) is 5.88. The molecule has 2 nitrogen and oxygen atoms in total. The predicted octanol–water partition coefficient (Wildman–Crippen LogP) is 3.81. The Morgan fingerprint density at radius 1 is 1.17 bits per heavy atom. The number of nitrogens with two attached hydrogens (primary N) is 1. The SMILES string of the molecule is NC(CC1CC1)c1cccc(OC2CCCC2)c1. The van der Waals surface area contributed by atoms with Crippen molar-refractivity contribution in [2.45, 2.75) is 57.1 Å². The normalized spacial score (nSPS) is 22.1. The van der Waals surface area contributed by atoms with Crippen LogP contribution in [-0.4, -0.2) is 6.10 Å². The summed E-state index contributed by atoms with van der Waals surface area (Å²) in [5, 5.41) is 0. The molecule has 1 atom stereocenters. The molecule has 1 aromatic rings. The van der Waals surface area contributed by atoms with Gasteiger partial charge in [0.25, 0.3) is 0 Å². The van der Waals surface area contributed by atoms with E-state index in [0.717, 1.165) is 18.1 Å². The van der Waals surface area contributed by atoms with Crippen LogP contribution in [0.1, 0.15) is 56.6 Å². The summed E-state index contributed by atoms with van der Waals surface area (Å²) in [4.78, 5) is 0. The molecular formula is C16H23NO. The number of hydrogen-bond acceptors (Lipinski definition) is 2. The van der Waals surface area contributed by atoms with Gasteiger partial charge in [-0.05, 0) is 55.7 Å². The van der Waals surface area contributed by atoms with Gasteiger partial charge in [0, 0.05) is 6.04 Å². The molecule has 0 saturated heterocycles. The quantitative estimate of drug-likeness (QED) is 0.856. The smallest absolute Gasteiger partial charge is 0.120 e. The Morgan fingerprint density at radius 3 is 2.67 bits per heavy atom. The molecule has 0 radical (unpaired) electrons. The maximum absolute atomic E-state index is 6.26. The van der Waals surface area contributed by atoms with Crippen LogP contribution in [0.4, 0.5) is 0 Å². The molecule has 1 unspecified atom stereocenters. The first-order valence-corrected chi connectivity index (χ1v) is 7.33. The molecule has 18 heavy (non-hydrogen) atoms. The highest BCUT2D eigenvalue weighted by Gasteiger charge is 2.24.